The lowest BCUT2D eigenvalue weighted by atomic mass is 10.3. The fourth-order valence-corrected chi connectivity index (χ4v) is 3.79. The third kappa shape index (κ3) is 3.55. The molecule has 0 spiro atoms. The number of rotatable bonds is 5. The summed E-state index contributed by atoms with van der Waals surface area (Å²) < 4.78 is 1.10. The first-order valence-corrected chi connectivity index (χ1v) is 6.99. The second kappa shape index (κ2) is 6.12. The van der Waals surface area contributed by atoms with Crippen LogP contribution < -0.4 is 5.73 Å². The van der Waals surface area contributed by atoms with Gasteiger partial charge in [-0.15, -0.1) is 23.1 Å². The molecule has 14 heavy (non-hydrogen) atoms. The highest BCUT2D eigenvalue weighted by Gasteiger charge is 2.15. The molecular formula is C9H14BrNOS2. The van der Waals surface area contributed by atoms with E-state index in [1.54, 1.807) is 23.1 Å². The van der Waals surface area contributed by atoms with Gasteiger partial charge in [-0.25, -0.2) is 0 Å². The molecule has 0 amide bonds. The summed E-state index contributed by atoms with van der Waals surface area (Å²) in [7, 11) is 0. The van der Waals surface area contributed by atoms with Gasteiger partial charge in [0.2, 0.25) is 0 Å². The molecule has 1 rings (SSSR count). The maximum Gasteiger partial charge on any atom is 0.0547 e. The van der Waals surface area contributed by atoms with Crippen molar-refractivity contribution in [3.8, 4) is 0 Å². The van der Waals surface area contributed by atoms with Crippen molar-refractivity contribution < 1.29 is 5.11 Å². The standard InChI is InChI=1S/C9H14BrNOS2/c1-6(4-12)14-9(3-11)8-2-7(10)5-13-8/h2,5-6,9,12H,3-4,11H2,1H3. The van der Waals surface area contributed by atoms with Crippen LogP contribution in [0.25, 0.3) is 0 Å². The van der Waals surface area contributed by atoms with Crippen molar-refractivity contribution in [2.24, 2.45) is 5.73 Å². The molecule has 3 N–H and O–H groups in total. The zero-order chi connectivity index (χ0) is 10.6. The number of halogens is 1. The first kappa shape index (κ1) is 12.5. The zero-order valence-electron chi connectivity index (χ0n) is 7.94. The molecule has 0 bridgehead atoms. The summed E-state index contributed by atoms with van der Waals surface area (Å²) in [6, 6.07) is 2.10. The van der Waals surface area contributed by atoms with Crippen LogP contribution in [-0.2, 0) is 0 Å². The molecule has 1 aromatic rings. The van der Waals surface area contributed by atoms with Crippen LogP contribution in [-0.4, -0.2) is 23.5 Å². The molecule has 0 saturated carbocycles. The van der Waals surface area contributed by atoms with Crippen LogP contribution in [0.15, 0.2) is 15.9 Å². The van der Waals surface area contributed by atoms with Gasteiger partial charge >= 0.3 is 0 Å². The topological polar surface area (TPSA) is 46.2 Å². The van der Waals surface area contributed by atoms with E-state index < -0.39 is 0 Å². The predicted octanol–water partition coefficient (Wildman–Crippen LogP) is 2.62. The molecule has 1 aromatic heterocycles. The van der Waals surface area contributed by atoms with Crippen molar-refractivity contribution in [3.63, 3.8) is 0 Å². The molecule has 0 radical (unpaired) electrons. The van der Waals surface area contributed by atoms with Gasteiger partial charge in [0.25, 0.3) is 0 Å². The van der Waals surface area contributed by atoms with E-state index in [0.29, 0.717) is 11.8 Å². The van der Waals surface area contributed by atoms with Crippen molar-refractivity contribution in [2.75, 3.05) is 13.2 Å². The molecule has 2 nitrogen and oxygen atoms in total. The molecule has 0 saturated heterocycles. The van der Waals surface area contributed by atoms with Gasteiger partial charge in [-0.05, 0) is 22.0 Å². The van der Waals surface area contributed by atoms with Gasteiger partial charge in [0.1, 0.15) is 0 Å². The molecule has 0 aliphatic carbocycles. The van der Waals surface area contributed by atoms with Crippen LogP contribution >= 0.6 is 39.0 Å². The average Bonchev–Trinajstić information content (AvgIpc) is 2.60. The van der Waals surface area contributed by atoms with E-state index in [1.807, 2.05) is 6.92 Å². The van der Waals surface area contributed by atoms with E-state index in [2.05, 4.69) is 27.4 Å². The fourth-order valence-electron chi connectivity index (χ4n) is 1.06. The lowest BCUT2D eigenvalue weighted by molar-refractivity contribution is 0.300. The smallest absolute Gasteiger partial charge is 0.0547 e. The molecule has 0 fully saturated rings. The van der Waals surface area contributed by atoms with E-state index in [9.17, 15) is 0 Å². The molecule has 1 heterocycles. The number of hydrogen-bond acceptors (Lipinski definition) is 4. The minimum absolute atomic E-state index is 0.202. The van der Waals surface area contributed by atoms with Gasteiger partial charge in [0, 0.05) is 26.5 Å². The van der Waals surface area contributed by atoms with E-state index in [4.69, 9.17) is 10.8 Å². The lowest BCUT2D eigenvalue weighted by Gasteiger charge is -2.16. The SMILES string of the molecule is CC(CO)SC(CN)c1cc(Br)cs1. The molecule has 2 unspecified atom stereocenters. The summed E-state index contributed by atoms with van der Waals surface area (Å²) in [6.45, 7) is 2.83. The van der Waals surface area contributed by atoms with E-state index in [0.717, 1.165) is 4.47 Å². The molecule has 0 aliphatic rings. The zero-order valence-corrected chi connectivity index (χ0v) is 11.2. The second-order valence-corrected chi connectivity index (χ2v) is 6.53. The molecule has 0 aliphatic heterocycles. The van der Waals surface area contributed by atoms with E-state index in [1.165, 1.54) is 4.88 Å². The maximum atomic E-state index is 8.96. The summed E-state index contributed by atoms with van der Waals surface area (Å²) in [5.41, 5.74) is 5.71. The molecular weight excluding hydrogens is 282 g/mol. The number of hydrogen-bond donors (Lipinski definition) is 2. The number of thiophene rings is 1. The minimum atomic E-state index is 0.202. The summed E-state index contributed by atoms with van der Waals surface area (Å²) in [6.07, 6.45) is 0. The Labute approximate surface area is 101 Å². The fraction of sp³-hybridized carbons (Fsp3) is 0.556. The van der Waals surface area contributed by atoms with Gasteiger partial charge in [-0.2, -0.15) is 0 Å². The number of aliphatic hydroxyl groups excluding tert-OH is 1. The van der Waals surface area contributed by atoms with Gasteiger partial charge in [0.15, 0.2) is 0 Å². The summed E-state index contributed by atoms with van der Waals surface area (Å²) >= 11 is 6.85. The van der Waals surface area contributed by atoms with Crippen LogP contribution in [0.4, 0.5) is 0 Å². The number of nitrogens with two attached hydrogens (primary N) is 1. The average molecular weight is 296 g/mol. The Morgan fingerprint density at radius 3 is 2.86 bits per heavy atom. The van der Waals surface area contributed by atoms with Crippen LogP contribution in [0.2, 0.25) is 0 Å². The first-order valence-electron chi connectivity index (χ1n) is 4.37. The van der Waals surface area contributed by atoms with Crippen LogP contribution in [0.5, 0.6) is 0 Å². The highest BCUT2D eigenvalue weighted by Crippen LogP contribution is 2.36. The Bertz CT molecular complexity index is 280. The molecule has 80 valence electrons. The maximum absolute atomic E-state index is 8.96. The molecule has 0 aromatic carbocycles. The first-order chi connectivity index (χ1) is 6.67. The van der Waals surface area contributed by atoms with Gasteiger partial charge in [0.05, 0.1) is 11.9 Å². The lowest BCUT2D eigenvalue weighted by Crippen LogP contribution is -2.13. The van der Waals surface area contributed by atoms with E-state index >= 15 is 0 Å². The molecule has 2 atom stereocenters. The highest BCUT2D eigenvalue weighted by atomic mass is 79.9. The Morgan fingerprint density at radius 2 is 2.43 bits per heavy atom. The van der Waals surface area contributed by atoms with Crippen molar-refractivity contribution in [1.82, 2.24) is 0 Å². The third-order valence-electron chi connectivity index (χ3n) is 1.77. The van der Waals surface area contributed by atoms with E-state index in [-0.39, 0.29) is 11.9 Å². The van der Waals surface area contributed by atoms with Crippen molar-refractivity contribution in [3.05, 3.63) is 20.8 Å². The van der Waals surface area contributed by atoms with Crippen molar-refractivity contribution in [1.29, 1.82) is 0 Å². The third-order valence-corrected chi connectivity index (χ3v) is 5.12. The van der Waals surface area contributed by atoms with Crippen LogP contribution in [0.1, 0.15) is 17.1 Å². The monoisotopic (exact) mass is 295 g/mol. The Balaban J connectivity index is 2.62. The second-order valence-electron chi connectivity index (χ2n) is 3.02. The Morgan fingerprint density at radius 1 is 1.71 bits per heavy atom. The predicted molar refractivity (Wildman–Crippen MR) is 68.0 cm³/mol. The van der Waals surface area contributed by atoms with Crippen LogP contribution in [0.3, 0.4) is 0 Å². The van der Waals surface area contributed by atoms with Gasteiger partial charge < -0.3 is 10.8 Å². The van der Waals surface area contributed by atoms with Gasteiger partial charge in [-0.3, -0.25) is 0 Å². The number of aliphatic hydroxyl groups is 1. The highest BCUT2D eigenvalue weighted by molar-refractivity contribution is 9.10. The largest absolute Gasteiger partial charge is 0.395 e. The molecule has 5 heteroatoms. The summed E-state index contributed by atoms with van der Waals surface area (Å²) in [5, 5.41) is 11.6. The van der Waals surface area contributed by atoms with Crippen molar-refractivity contribution in [2.45, 2.75) is 17.4 Å². The number of thioether (sulfide) groups is 1. The minimum Gasteiger partial charge on any atom is -0.395 e. The quantitative estimate of drug-likeness (QED) is 0.878. The van der Waals surface area contributed by atoms with Gasteiger partial charge in [-0.1, -0.05) is 6.92 Å². The normalized spacial score (nSPS) is 15.4. The van der Waals surface area contributed by atoms with Crippen LogP contribution in [0, 0.1) is 0 Å². The Kier molecular flexibility index (Phi) is 5.48. The summed E-state index contributed by atoms with van der Waals surface area (Å²) in [5.74, 6) is 0. The van der Waals surface area contributed by atoms with Crippen molar-refractivity contribution >= 4 is 39.0 Å². The summed E-state index contributed by atoms with van der Waals surface area (Å²) in [4.78, 5) is 1.27. The Hall–Kier alpha value is 0.450.